The van der Waals surface area contributed by atoms with Crippen molar-refractivity contribution in [2.45, 2.75) is 6.92 Å². The first-order valence-corrected chi connectivity index (χ1v) is 6.90. The van der Waals surface area contributed by atoms with Crippen molar-refractivity contribution in [3.63, 3.8) is 0 Å². The average molecular weight is 297 g/mol. The van der Waals surface area contributed by atoms with Gasteiger partial charge in [-0.05, 0) is 37.3 Å². The summed E-state index contributed by atoms with van der Waals surface area (Å²) in [6, 6.07) is 13.0. The molecule has 114 valence electrons. The molecule has 0 fully saturated rings. The average Bonchev–Trinajstić information content (AvgIpc) is 2.56. The minimum atomic E-state index is -0.157. The highest BCUT2D eigenvalue weighted by Gasteiger charge is 2.10. The Hall–Kier alpha value is -2.75. The predicted octanol–water partition coefficient (Wildman–Crippen LogP) is 3.82. The van der Waals surface area contributed by atoms with Crippen LogP contribution in [0.5, 0.6) is 11.5 Å². The van der Waals surface area contributed by atoms with Gasteiger partial charge in [0.25, 0.3) is 0 Å². The molecule has 0 heterocycles. The first-order valence-electron chi connectivity index (χ1n) is 6.90. The zero-order valence-corrected chi connectivity index (χ0v) is 12.9. The number of rotatable bonds is 6. The molecule has 4 heteroatoms. The van der Waals surface area contributed by atoms with Gasteiger partial charge < -0.3 is 14.8 Å². The van der Waals surface area contributed by atoms with Crippen molar-refractivity contribution in [1.29, 1.82) is 0 Å². The Morgan fingerprint density at radius 3 is 2.41 bits per heavy atom. The van der Waals surface area contributed by atoms with Crippen LogP contribution in [0.1, 0.15) is 15.9 Å². The van der Waals surface area contributed by atoms with Crippen LogP contribution in [0.2, 0.25) is 0 Å². The molecule has 0 aromatic heterocycles. The molecule has 0 unspecified atom stereocenters. The second-order valence-electron chi connectivity index (χ2n) is 4.77. The van der Waals surface area contributed by atoms with E-state index in [1.165, 1.54) is 18.7 Å². The predicted molar refractivity (Wildman–Crippen MR) is 87.8 cm³/mol. The van der Waals surface area contributed by atoms with Gasteiger partial charge in [0, 0.05) is 18.0 Å². The summed E-state index contributed by atoms with van der Waals surface area (Å²) in [5.74, 6) is 0.977. The van der Waals surface area contributed by atoms with E-state index in [0.29, 0.717) is 17.1 Å². The maximum atomic E-state index is 12.3. The highest BCUT2D eigenvalue weighted by Crippen LogP contribution is 2.24. The molecule has 0 bridgehead atoms. The zero-order chi connectivity index (χ0) is 15.9. The van der Waals surface area contributed by atoms with Crippen LogP contribution < -0.4 is 14.8 Å². The fourth-order valence-electron chi connectivity index (χ4n) is 1.96. The van der Waals surface area contributed by atoms with Gasteiger partial charge in [-0.15, -0.1) is 0 Å². The highest BCUT2D eigenvalue weighted by molar-refractivity contribution is 6.06. The van der Waals surface area contributed by atoms with Gasteiger partial charge in [0.2, 0.25) is 0 Å². The summed E-state index contributed by atoms with van der Waals surface area (Å²) in [6.45, 7) is 2.03. The van der Waals surface area contributed by atoms with Crippen molar-refractivity contribution in [1.82, 2.24) is 0 Å². The van der Waals surface area contributed by atoms with E-state index in [9.17, 15) is 4.79 Å². The van der Waals surface area contributed by atoms with Crippen molar-refractivity contribution < 1.29 is 14.3 Å². The van der Waals surface area contributed by atoms with E-state index in [1.807, 2.05) is 31.2 Å². The van der Waals surface area contributed by atoms with E-state index in [2.05, 4.69) is 5.32 Å². The van der Waals surface area contributed by atoms with Crippen molar-refractivity contribution in [3.8, 4) is 11.5 Å². The molecule has 2 rings (SSSR count). The van der Waals surface area contributed by atoms with Gasteiger partial charge in [-0.1, -0.05) is 17.7 Å². The molecule has 0 amide bonds. The van der Waals surface area contributed by atoms with E-state index in [0.717, 1.165) is 5.69 Å². The van der Waals surface area contributed by atoms with Crippen LogP contribution in [0.4, 0.5) is 5.69 Å². The van der Waals surface area contributed by atoms with Gasteiger partial charge in [0.1, 0.15) is 11.5 Å². The fraction of sp³-hybridized carbons (Fsp3) is 0.167. The summed E-state index contributed by atoms with van der Waals surface area (Å²) in [4.78, 5) is 12.3. The molecule has 22 heavy (non-hydrogen) atoms. The number of ketones is 1. The number of ether oxygens (including phenoxy) is 2. The lowest BCUT2D eigenvalue weighted by atomic mass is 10.1. The quantitative estimate of drug-likeness (QED) is 0.650. The van der Waals surface area contributed by atoms with Crippen LogP contribution in [0, 0.1) is 6.92 Å². The summed E-state index contributed by atoms with van der Waals surface area (Å²) in [6.07, 6.45) is 3.09. The van der Waals surface area contributed by atoms with E-state index in [4.69, 9.17) is 9.47 Å². The molecule has 0 saturated carbocycles. The highest BCUT2D eigenvalue weighted by atomic mass is 16.5. The van der Waals surface area contributed by atoms with E-state index in [-0.39, 0.29) is 5.78 Å². The summed E-state index contributed by atoms with van der Waals surface area (Å²) in [5.41, 5.74) is 2.57. The standard InChI is InChI=1S/C18H19NO3/c1-13-4-6-14(7-5-13)19-11-10-17(20)16-12-15(21-2)8-9-18(16)22-3/h4-12,19H,1-3H3/b11-10+. The number of allylic oxidation sites excluding steroid dienone is 1. The van der Waals surface area contributed by atoms with Gasteiger partial charge in [-0.3, -0.25) is 4.79 Å². The molecule has 1 N–H and O–H groups in total. The molecule has 2 aromatic carbocycles. The van der Waals surface area contributed by atoms with Crippen molar-refractivity contribution in [3.05, 3.63) is 65.9 Å². The second-order valence-corrected chi connectivity index (χ2v) is 4.77. The third-order valence-corrected chi connectivity index (χ3v) is 3.21. The first kappa shape index (κ1) is 15.6. The molecular formula is C18H19NO3. The Labute approximate surface area is 130 Å². The summed E-state index contributed by atoms with van der Waals surface area (Å²) < 4.78 is 10.4. The van der Waals surface area contributed by atoms with E-state index < -0.39 is 0 Å². The van der Waals surface area contributed by atoms with Gasteiger partial charge in [-0.2, -0.15) is 0 Å². The maximum Gasteiger partial charge on any atom is 0.191 e. The van der Waals surface area contributed by atoms with Crippen molar-refractivity contribution >= 4 is 11.5 Å². The largest absolute Gasteiger partial charge is 0.497 e. The Morgan fingerprint density at radius 2 is 1.77 bits per heavy atom. The molecule has 0 aliphatic carbocycles. The van der Waals surface area contributed by atoms with E-state index >= 15 is 0 Å². The molecule has 0 saturated heterocycles. The molecular weight excluding hydrogens is 278 g/mol. The number of carbonyl (C=O) groups is 1. The first-order chi connectivity index (χ1) is 10.6. The monoisotopic (exact) mass is 297 g/mol. The number of hydrogen-bond acceptors (Lipinski definition) is 4. The van der Waals surface area contributed by atoms with Crippen LogP contribution in [-0.2, 0) is 0 Å². The molecule has 0 atom stereocenters. The molecule has 0 radical (unpaired) electrons. The molecule has 4 nitrogen and oxygen atoms in total. The minimum absolute atomic E-state index is 0.157. The van der Waals surface area contributed by atoms with Crippen LogP contribution in [0.15, 0.2) is 54.7 Å². The van der Waals surface area contributed by atoms with E-state index in [1.54, 1.807) is 31.5 Å². The molecule has 0 aliphatic rings. The van der Waals surface area contributed by atoms with Crippen molar-refractivity contribution in [2.24, 2.45) is 0 Å². The molecule has 2 aromatic rings. The van der Waals surface area contributed by atoms with Gasteiger partial charge >= 0.3 is 0 Å². The Kier molecular flexibility index (Phi) is 5.20. The van der Waals surface area contributed by atoms with Crippen molar-refractivity contribution in [2.75, 3.05) is 19.5 Å². The Bertz CT molecular complexity index is 675. The lowest BCUT2D eigenvalue weighted by Crippen LogP contribution is -2.01. The van der Waals surface area contributed by atoms with Gasteiger partial charge in [0.05, 0.1) is 19.8 Å². The Balaban J connectivity index is 2.11. The number of aryl methyl sites for hydroxylation is 1. The van der Waals surface area contributed by atoms with Gasteiger partial charge in [0.15, 0.2) is 5.78 Å². The summed E-state index contributed by atoms with van der Waals surface area (Å²) >= 11 is 0. The molecule has 0 aliphatic heterocycles. The van der Waals surface area contributed by atoms with Crippen LogP contribution >= 0.6 is 0 Å². The summed E-state index contributed by atoms with van der Waals surface area (Å²) in [7, 11) is 3.09. The number of benzene rings is 2. The number of anilines is 1. The third kappa shape index (κ3) is 3.88. The van der Waals surface area contributed by atoms with Crippen LogP contribution in [-0.4, -0.2) is 20.0 Å². The fourth-order valence-corrected chi connectivity index (χ4v) is 1.96. The van der Waals surface area contributed by atoms with Crippen LogP contribution in [0.3, 0.4) is 0 Å². The summed E-state index contributed by atoms with van der Waals surface area (Å²) in [5, 5.41) is 3.07. The van der Waals surface area contributed by atoms with Crippen LogP contribution in [0.25, 0.3) is 0 Å². The number of nitrogens with one attached hydrogen (secondary N) is 1. The zero-order valence-electron chi connectivity index (χ0n) is 12.9. The number of methoxy groups -OCH3 is 2. The minimum Gasteiger partial charge on any atom is -0.497 e. The third-order valence-electron chi connectivity index (χ3n) is 3.21. The van der Waals surface area contributed by atoms with Gasteiger partial charge in [-0.25, -0.2) is 0 Å². The normalized spacial score (nSPS) is 10.5. The Morgan fingerprint density at radius 1 is 1.05 bits per heavy atom. The lowest BCUT2D eigenvalue weighted by molar-refractivity contribution is 0.104. The number of carbonyl (C=O) groups excluding carboxylic acids is 1. The maximum absolute atomic E-state index is 12.3. The lowest BCUT2D eigenvalue weighted by Gasteiger charge is -2.08. The smallest absolute Gasteiger partial charge is 0.191 e. The molecule has 0 spiro atoms. The number of hydrogen-bond donors (Lipinski definition) is 1. The SMILES string of the molecule is COc1ccc(OC)c(C(=O)/C=C/Nc2ccc(C)cc2)c1. The topological polar surface area (TPSA) is 47.6 Å². The second kappa shape index (κ2) is 7.31.